The van der Waals surface area contributed by atoms with Crippen molar-refractivity contribution in [3.63, 3.8) is 0 Å². The lowest BCUT2D eigenvalue weighted by Crippen LogP contribution is -2.38. The molecule has 0 saturated carbocycles. The molecule has 0 N–H and O–H groups in total. The third kappa shape index (κ3) is 2.34. The van der Waals surface area contributed by atoms with Gasteiger partial charge >= 0.3 is 0 Å². The number of hydrogen-bond acceptors (Lipinski definition) is 3. The zero-order valence-corrected chi connectivity index (χ0v) is 10.4. The van der Waals surface area contributed by atoms with Crippen molar-refractivity contribution in [1.29, 1.82) is 0 Å². The van der Waals surface area contributed by atoms with Gasteiger partial charge in [0.2, 0.25) is 0 Å². The number of nitrogens with zero attached hydrogens (tertiary/aromatic N) is 1. The second-order valence-corrected chi connectivity index (χ2v) is 5.73. The van der Waals surface area contributed by atoms with E-state index < -0.39 is 10.8 Å². The molecule has 4 heteroatoms. The fraction of sp³-hybridized carbons (Fsp3) is 0.385. The molecule has 1 aromatic rings. The van der Waals surface area contributed by atoms with Gasteiger partial charge in [0.05, 0.1) is 29.0 Å². The first-order valence-electron chi connectivity index (χ1n) is 5.85. The monoisotopic (exact) mass is 249 g/mol. The maximum absolute atomic E-state index is 11.5. The van der Waals surface area contributed by atoms with E-state index in [9.17, 15) is 4.21 Å². The van der Waals surface area contributed by atoms with Crippen molar-refractivity contribution in [1.82, 2.24) is 4.90 Å². The average Bonchev–Trinajstić information content (AvgIpc) is 2.64. The fourth-order valence-corrected chi connectivity index (χ4v) is 2.99. The summed E-state index contributed by atoms with van der Waals surface area (Å²) in [4.78, 5) is 3.19. The van der Waals surface area contributed by atoms with E-state index in [1.165, 1.54) is 6.42 Å². The molecule has 3 nitrogen and oxygen atoms in total. The van der Waals surface area contributed by atoms with E-state index in [1.807, 2.05) is 18.2 Å². The minimum absolute atomic E-state index is 0.629. The second-order valence-electron chi connectivity index (χ2n) is 4.42. The molecule has 0 spiro atoms. The lowest BCUT2D eigenvalue weighted by atomic mass is 10.1. The highest BCUT2D eigenvalue weighted by Crippen LogP contribution is 2.24. The van der Waals surface area contributed by atoms with E-state index in [0.29, 0.717) is 6.61 Å². The topological polar surface area (TPSA) is 29.5 Å². The Bertz CT molecular complexity index is 480. The molecule has 0 bridgehead atoms. The first-order chi connectivity index (χ1) is 8.33. The van der Waals surface area contributed by atoms with E-state index in [0.717, 1.165) is 35.8 Å². The van der Waals surface area contributed by atoms with Crippen molar-refractivity contribution >= 4 is 16.9 Å². The Labute approximate surface area is 104 Å². The second kappa shape index (κ2) is 4.72. The standard InChI is InChI=1S/C13H15NO2S/c15-17-7-4-12-8-11(2-3-13(12)17)9-16-10-14-5-1-6-14/h2-4,7-8H,1,5-6,9-10H2. The van der Waals surface area contributed by atoms with Crippen LogP contribution in [0.4, 0.5) is 0 Å². The largest absolute Gasteiger partial charge is 0.361 e. The molecule has 1 saturated heterocycles. The average molecular weight is 249 g/mol. The summed E-state index contributed by atoms with van der Waals surface area (Å²) in [6, 6.07) is 6.00. The van der Waals surface area contributed by atoms with Crippen LogP contribution in [-0.2, 0) is 22.1 Å². The van der Waals surface area contributed by atoms with Gasteiger partial charge in [-0.3, -0.25) is 4.90 Å². The van der Waals surface area contributed by atoms with Crippen LogP contribution in [0.25, 0.3) is 6.08 Å². The smallest absolute Gasteiger partial charge is 0.0994 e. The number of benzene rings is 1. The lowest BCUT2D eigenvalue weighted by molar-refractivity contribution is -0.0111. The molecule has 0 aromatic heterocycles. The zero-order chi connectivity index (χ0) is 11.7. The molecular formula is C13H15NO2S. The molecule has 2 aliphatic heterocycles. The van der Waals surface area contributed by atoms with E-state index in [1.54, 1.807) is 5.41 Å². The number of likely N-dealkylation sites (tertiary alicyclic amines) is 1. The quantitative estimate of drug-likeness (QED) is 0.817. The molecule has 0 aliphatic carbocycles. The fourth-order valence-electron chi connectivity index (χ4n) is 2.01. The predicted octanol–water partition coefficient (Wildman–Crippen LogP) is 1.96. The van der Waals surface area contributed by atoms with Crippen molar-refractivity contribution in [3.8, 4) is 0 Å². The van der Waals surface area contributed by atoms with Gasteiger partial charge in [-0.25, -0.2) is 4.21 Å². The Kier molecular flexibility index (Phi) is 3.09. The van der Waals surface area contributed by atoms with Crippen LogP contribution in [0, 0.1) is 0 Å². The van der Waals surface area contributed by atoms with Gasteiger partial charge < -0.3 is 4.74 Å². The third-order valence-corrected chi connectivity index (χ3v) is 4.34. The van der Waals surface area contributed by atoms with Crippen LogP contribution in [0.3, 0.4) is 0 Å². The predicted molar refractivity (Wildman–Crippen MR) is 67.7 cm³/mol. The molecule has 1 unspecified atom stereocenters. The van der Waals surface area contributed by atoms with Gasteiger partial charge in [-0.1, -0.05) is 6.07 Å². The molecule has 1 aromatic carbocycles. The molecule has 0 amide bonds. The van der Waals surface area contributed by atoms with Gasteiger partial charge in [0.25, 0.3) is 0 Å². The molecule has 1 fully saturated rings. The van der Waals surface area contributed by atoms with Crippen LogP contribution in [0.5, 0.6) is 0 Å². The molecule has 90 valence electrons. The molecule has 2 aliphatic rings. The summed E-state index contributed by atoms with van der Waals surface area (Å²) in [5, 5.41) is 1.73. The Hall–Kier alpha value is -0.970. The lowest BCUT2D eigenvalue weighted by Gasteiger charge is -2.30. The highest BCUT2D eigenvalue weighted by Gasteiger charge is 2.14. The van der Waals surface area contributed by atoms with Gasteiger partial charge in [0.15, 0.2) is 0 Å². The van der Waals surface area contributed by atoms with Gasteiger partial charge in [0, 0.05) is 18.5 Å². The Balaban J connectivity index is 1.60. The Morgan fingerprint density at radius 1 is 1.35 bits per heavy atom. The Morgan fingerprint density at radius 3 is 3.00 bits per heavy atom. The summed E-state index contributed by atoms with van der Waals surface area (Å²) >= 11 is 0. The zero-order valence-electron chi connectivity index (χ0n) is 9.59. The number of rotatable bonds is 4. The van der Waals surface area contributed by atoms with Gasteiger partial charge in [-0.2, -0.15) is 0 Å². The van der Waals surface area contributed by atoms with Gasteiger partial charge in [0.1, 0.15) is 0 Å². The van der Waals surface area contributed by atoms with E-state index in [4.69, 9.17) is 4.74 Å². The van der Waals surface area contributed by atoms with Crippen LogP contribution >= 0.6 is 0 Å². The molecule has 0 radical (unpaired) electrons. The minimum Gasteiger partial charge on any atom is -0.361 e. The SMILES string of the molecule is O=S1C=Cc2cc(COCN3CCC3)ccc21. The van der Waals surface area contributed by atoms with Crippen molar-refractivity contribution in [2.45, 2.75) is 17.9 Å². The molecular weight excluding hydrogens is 234 g/mol. The maximum atomic E-state index is 11.5. The molecule has 17 heavy (non-hydrogen) atoms. The minimum atomic E-state index is -0.941. The van der Waals surface area contributed by atoms with Crippen LogP contribution in [0.1, 0.15) is 17.5 Å². The van der Waals surface area contributed by atoms with Gasteiger partial charge in [-0.15, -0.1) is 0 Å². The summed E-state index contributed by atoms with van der Waals surface area (Å²) < 4.78 is 17.1. The highest BCUT2D eigenvalue weighted by molar-refractivity contribution is 7.88. The highest BCUT2D eigenvalue weighted by atomic mass is 32.2. The molecule has 3 rings (SSSR count). The molecule has 2 heterocycles. The first kappa shape index (κ1) is 11.1. The first-order valence-corrected chi connectivity index (χ1v) is 7.06. The van der Waals surface area contributed by atoms with E-state index in [2.05, 4.69) is 11.0 Å². The van der Waals surface area contributed by atoms with Gasteiger partial charge in [-0.05, 0) is 35.8 Å². The third-order valence-electron chi connectivity index (χ3n) is 3.15. The summed E-state index contributed by atoms with van der Waals surface area (Å²) in [6.07, 6.45) is 3.21. The number of ether oxygens (including phenoxy) is 1. The normalized spacial score (nSPS) is 22.5. The van der Waals surface area contributed by atoms with Crippen LogP contribution in [-0.4, -0.2) is 28.9 Å². The summed E-state index contributed by atoms with van der Waals surface area (Å²) in [6.45, 7) is 3.67. The molecule has 1 atom stereocenters. The summed E-state index contributed by atoms with van der Waals surface area (Å²) in [5.41, 5.74) is 2.21. The Morgan fingerprint density at radius 2 is 2.24 bits per heavy atom. The van der Waals surface area contributed by atoms with E-state index in [-0.39, 0.29) is 0 Å². The van der Waals surface area contributed by atoms with Crippen molar-refractivity contribution < 1.29 is 8.95 Å². The van der Waals surface area contributed by atoms with Crippen molar-refractivity contribution in [2.24, 2.45) is 0 Å². The maximum Gasteiger partial charge on any atom is 0.0994 e. The summed E-state index contributed by atoms with van der Waals surface area (Å²) in [7, 11) is -0.941. The van der Waals surface area contributed by atoms with Crippen LogP contribution < -0.4 is 0 Å². The van der Waals surface area contributed by atoms with Crippen LogP contribution in [0.15, 0.2) is 28.5 Å². The summed E-state index contributed by atoms with van der Waals surface area (Å²) in [5.74, 6) is 0. The number of fused-ring (bicyclic) bond motifs is 1. The van der Waals surface area contributed by atoms with Crippen LogP contribution in [0.2, 0.25) is 0 Å². The van der Waals surface area contributed by atoms with Crippen molar-refractivity contribution in [3.05, 3.63) is 34.7 Å². The van der Waals surface area contributed by atoms with E-state index >= 15 is 0 Å². The van der Waals surface area contributed by atoms with Crippen molar-refractivity contribution in [2.75, 3.05) is 19.8 Å². The number of hydrogen-bond donors (Lipinski definition) is 0.